The minimum absolute atomic E-state index is 0.0661. The Bertz CT molecular complexity index is 1420. The molecule has 4 aromatic rings. The summed E-state index contributed by atoms with van der Waals surface area (Å²) >= 11 is 0. The fraction of sp³-hybridized carbons (Fsp3) is 0.200. The zero-order valence-corrected chi connectivity index (χ0v) is 17.9. The van der Waals surface area contributed by atoms with Crippen LogP contribution in [0.1, 0.15) is 28.0 Å². The number of nitrogens with two attached hydrogens (primary N) is 1. The van der Waals surface area contributed by atoms with E-state index in [4.69, 9.17) is 5.73 Å². The monoisotopic (exact) mass is 441 g/mol. The van der Waals surface area contributed by atoms with Gasteiger partial charge in [0.1, 0.15) is 0 Å². The fourth-order valence-electron chi connectivity index (χ4n) is 4.45. The number of nitrogens with zero attached hydrogens (tertiary/aromatic N) is 2. The van der Waals surface area contributed by atoms with Crippen molar-refractivity contribution < 1.29 is 9.59 Å². The largest absolute Gasteiger partial charge is 0.355 e. The molecule has 5 rings (SSSR count). The van der Waals surface area contributed by atoms with Gasteiger partial charge in [0.15, 0.2) is 5.78 Å². The van der Waals surface area contributed by atoms with Gasteiger partial charge in [-0.1, -0.05) is 42.5 Å². The minimum atomic E-state index is -0.692. The Morgan fingerprint density at radius 2 is 1.79 bits per heavy atom. The van der Waals surface area contributed by atoms with Crippen LogP contribution in [0, 0.1) is 0 Å². The number of carbonyl (C=O) groups excluding carboxylic acids is 2. The maximum Gasteiger partial charge on any atom is 0.258 e. The zero-order valence-electron chi connectivity index (χ0n) is 17.9. The fourth-order valence-corrected chi connectivity index (χ4v) is 4.45. The molecule has 0 spiro atoms. The van der Waals surface area contributed by atoms with Crippen LogP contribution in [-0.2, 0) is 17.8 Å². The molecule has 0 aliphatic heterocycles. The number of H-pyrrole nitrogens is 1. The Morgan fingerprint density at radius 1 is 1.06 bits per heavy atom. The van der Waals surface area contributed by atoms with E-state index in [1.54, 1.807) is 35.3 Å². The highest BCUT2D eigenvalue weighted by atomic mass is 16.2. The Hall–Kier alpha value is -4.04. The molecule has 4 N–H and O–H groups in total. The lowest BCUT2D eigenvalue weighted by molar-refractivity contribution is -0.122. The summed E-state index contributed by atoms with van der Waals surface area (Å²) < 4.78 is 1.66. The average molecular weight is 441 g/mol. The molecule has 1 aliphatic rings. The quantitative estimate of drug-likeness (QED) is 0.334. The van der Waals surface area contributed by atoms with Gasteiger partial charge in [0.2, 0.25) is 5.91 Å². The third-order valence-corrected chi connectivity index (χ3v) is 6.02. The Labute approximate surface area is 189 Å². The molecule has 0 saturated heterocycles. The van der Waals surface area contributed by atoms with Gasteiger partial charge in [0.25, 0.3) is 5.56 Å². The molecule has 1 atom stereocenters. The highest BCUT2D eigenvalue weighted by Gasteiger charge is 2.32. The summed E-state index contributed by atoms with van der Waals surface area (Å²) in [5.41, 5.74) is 9.22. The van der Waals surface area contributed by atoms with Crippen molar-refractivity contribution in [3.05, 3.63) is 88.2 Å². The number of carbonyl (C=O) groups is 2. The van der Waals surface area contributed by atoms with Crippen molar-refractivity contribution in [2.75, 3.05) is 6.54 Å². The van der Waals surface area contributed by atoms with E-state index in [9.17, 15) is 14.4 Å². The SMILES string of the molecule is N[C@@H](Cc1cnc[nH]1)C(=O)NCCCn1c2c(c3ccccc3c1=O)C(=O)c1ccccc1-2. The van der Waals surface area contributed by atoms with E-state index in [1.807, 2.05) is 30.3 Å². The first kappa shape index (κ1) is 20.8. The number of hydrogen-bond donors (Lipinski definition) is 3. The van der Waals surface area contributed by atoms with Crippen molar-refractivity contribution in [3.63, 3.8) is 0 Å². The van der Waals surface area contributed by atoms with E-state index in [1.165, 1.54) is 0 Å². The van der Waals surface area contributed by atoms with E-state index in [2.05, 4.69) is 15.3 Å². The van der Waals surface area contributed by atoms with E-state index in [0.717, 1.165) is 11.3 Å². The third-order valence-electron chi connectivity index (χ3n) is 6.02. The molecule has 2 aromatic heterocycles. The van der Waals surface area contributed by atoms with Crippen molar-refractivity contribution in [3.8, 4) is 11.3 Å². The zero-order chi connectivity index (χ0) is 22.9. The van der Waals surface area contributed by atoms with Crippen molar-refractivity contribution in [2.45, 2.75) is 25.4 Å². The van der Waals surface area contributed by atoms with Crippen molar-refractivity contribution in [2.24, 2.45) is 5.73 Å². The highest BCUT2D eigenvalue weighted by molar-refractivity contribution is 6.26. The number of nitrogens with one attached hydrogen (secondary N) is 2. The van der Waals surface area contributed by atoms with E-state index < -0.39 is 6.04 Å². The molecule has 8 nitrogen and oxygen atoms in total. The summed E-state index contributed by atoms with van der Waals surface area (Å²) in [6.45, 7) is 0.725. The molecule has 0 unspecified atom stereocenters. The number of hydrogen-bond acceptors (Lipinski definition) is 5. The number of ketones is 1. The lowest BCUT2D eigenvalue weighted by atomic mass is 10.0. The molecule has 8 heteroatoms. The topological polar surface area (TPSA) is 123 Å². The Kier molecular flexibility index (Phi) is 5.35. The van der Waals surface area contributed by atoms with Gasteiger partial charge in [-0.3, -0.25) is 14.4 Å². The van der Waals surface area contributed by atoms with Crippen molar-refractivity contribution in [1.82, 2.24) is 19.9 Å². The normalized spacial score (nSPS) is 13.1. The molecular weight excluding hydrogens is 418 g/mol. The third kappa shape index (κ3) is 3.64. The standard InChI is InChI=1S/C25H23N5O3/c26-20(12-15-13-27-14-29-15)24(32)28-10-5-11-30-22-17-7-2-3-8-18(17)23(31)21(22)16-6-1-4-9-19(16)25(30)33/h1-4,6-9,13-14,20H,5,10-12,26H2,(H,27,29)(H,28,32)/t20-/m0/s1. The predicted octanol–water partition coefficient (Wildman–Crippen LogP) is 2.01. The number of imidazole rings is 1. The molecule has 0 fully saturated rings. The van der Waals surface area contributed by atoms with Crippen molar-refractivity contribution >= 4 is 22.5 Å². The van der Waals surface area contributed by atoms with Gasteiger partial charge < -0.3 is 20.6 Å². The van der Waals surface area contributed by atoms with E-state index in [0.29, 0.717) is 53.5 Å². The summed E-state index contributed by atoms with van der Waals surface area (Å²) in [5, 5.41) is 4.03. The number of aromatic amines is 1. The summed E-state index contributed by atoms with van der Waals surface area (Å²) in [6, 6.07) is 13.9. The van der Waals surface area contributed by atoms with Gasteiger partial charge in [-0.05, 0) is 12.5 Å². The molecule has 166 valence electrons. The van der Waals surface area contributed by atoms with Gasteiger partial charge >= 0.3 is 0 Å². The van der Waals surface area contributed by atoms with Crippen LogP contribution in [0.15, 0.2) is 65.8 Å². The average Bonchev–Trinajstić information content (AvgIpc) is 3.45. The van der Waals surface area contributed by atoms with Crippen LogP contribution in [0.2, 0.25) is 0 Å². The van der Waals surface area contributed by atoms with Gasteiger partial charge in [-0.2, -0.15) is 0 Å². The number of benzene rings is 2. The van der Waals surface area contributed by atoms with Crippen LogP contribution in [-0.4, -0.2) is 38.8 Å². The van der Waals surface area contributed by atoms with Crippen LogP contribution in [0.4, 0.5) is 0 Å². The number of amides is 1. The highest BCUT2D eigenvalue weighted by Crippen LogP contribution is 2.39. The molecular formula is C25H23N5O3. The Morgan fingerprint density at radius 3 is 2.55 bits per heavy atom. The summed E-state index contributed by atoms with van der Waals surface area (Å²) in [5.74, 6) is -0.329. The van der Waals surface area contributed by atoms with Crippen LogP contribution in [0.25, 0.3) is 22.0 Å². The van der Waals surface area contributed by atoms with Crippen LogP contribution in [0.5, 0.6) is 0 Å². The van der Waals surface area contributed by atoms with Gasteiger partial charge in [-0.25, -0.2) is 4.98 Å². The molecule has 2 heterocycles. The molecule has 1 amide bonds. The molecule has 0 bridgehead atoms. The van der Waals surface area contributed by atoms with E-state index in [-0.39, 0.29) is 17.2 Å². The maximum atomic E-state index is 13.4. The molecule has 1 aliphatic carbocycles. The van der Waals surface area contributed by atoms with Crippen LogP contribution < -0.4 is 16.6 Å². The summed E-state index contributed by atoms with van der Waals surface area (Å²) in [6.07, 6.45) is 4.06. The van der Waals surface area contributed by atoms with Gasteiger partial charge in [-0.15, -0.1) is 0 Å². The second-order valence-electron chi connectivity index (χ2n) is 8.13. The second kappa shape index (κ2) is 8.48. The van der Waals surface area contributed by atoms with Crippen molar-refractivity contribution in [1.29, 1.82) is 0 Å². The number of fused-ring (bicyclic) bond motifs is 5. The first-order chi connectivity index (χ1) is 16.1. The predicted molar refractivity (Wildman–Crippen MR) is 125 cm³/mol. The molecule has 33 heavy (non-hydrogen) atoms. The molecule has 0 saturated carbocycles. The lowest BCUT2D eigenvalue weighted by Crippen LogP contribution is -2.42. The molecule has 2 aromatic carbocycles. The van der Waals surface area contributed by atoms with Gasteiger partial charge in [0, 0.05) is 53.3 Å². The maximum absolute atomic E-state index is 13.4. The first-order valence-electron chi connectivity index (χ1n) is 10.9. The van der Waals surface area contributed by atoms with Gasteiger partial charge in [0.05, 0.1) is 23.6 Å². The number of aromatic nitrogens is 3. The minimum Gasteiger partial charge on any atom is -0.355 e. The first-order valence-corrected chi connectivity index (χ1v) is 10.9. The Balaban J connectivity index is 1.38. The number of pyridine rings is 1. The molecule has 0 radical (unpaired) electrons. The lowest BCUT2D eigenvalue weighted by Gasteiger charge is -2.16. The van der Waals surface area contributed by atoms with Crippen LogP contribution >= 0.6 is 0 Å². The smallest absolute Gasteiger partial charge is 0.258 e. The van der Waals surface area contributed by atoms with E-state index >= 15 is 0 Å². The second-order valence-corrected chi connectivity index (χ2v) is 8.13. The summed E-state index contributed by atoms with van der Waals surface area (Å²) in [7, 11) is 0. The number of rotatable bonds is 7. The van der Waals surface area contributed by atoms with Crippen LogP contribution in [0.3, 0.4) is 0 Å². The summed E-state index contributed by atoms with van der Waals surface area (Å²) in [4.78, 5) is 45.7.